The molecule has 8 nitrogen and oxygen atoms in total. The lowest BCUT2D eigenvalue weighted by Gasteiger charge is -2.26. The zero-order chi connectivity index (χ0) is 14.2. The Balaban J connectivity index is 1.72. The van der Waals surface area contributed by atoms with Crippen molar-refractivity contribution >= 4 is 11.9 Å². The van der Waals surface area contributed by atoms with Crippen LogP contribution in [-0.4, -0.2) is 65.9 Å². The van der Waals surface area contributed by atoms with Gasteiger partial charge >= 0.3 is 6.01 Å². The summed E-state index contributed by atoms with van der Waals surface area (Å²) in [5.74, 6) is 0.627. The molecule has 0 saturated carbocycles. The van der Waals surface area contributed by atoms with Crippen molar-refractivity contribution in [2.45, 2.75) is 13.3 Å². The molecule has 0 amide bonds. The largest absolute Gasteiger partial charge is 0.464 e. The third-order valence-electron chi connectivity index (χ3n) is 2.94. The fourth-order valence-corrected chi connectivity index (χ4v) is 1.97. The first-order chi connectivity index (χ1) is 9.78. The van der Waals surface area contributed by atoms with Gasteiger partial charge in [0.1, 0.15) is 0 Å². The summed E-state index contributed by atoms with van der Waals surface area (Å²) in [6.07, 6.45) is 1.01. The minimum absolute atomic E-state index is 0.166. The van der Waals surface area contributed by atoms with Gasteiger partial charge in [-0.1, -0.05) is 0 Å². The van der Waals surface area contributed by atoms with Crippen molar-refractivity contribution in [2.75, 3.05) is 57.1 Å². The van der Waals surface area contributed by atoms with Crippen LogP contribution in [0.4, 0.5) is 11.9 Å². The summed E-state index contributed by atoms with van der Waals surface area (Å²) >= 11 is 0. The Morgan fingerprint density at radius 3 is 2.85 bits per heavy atom. The number of morpholine rings is 1. The van der Waals surface area contributed by atoms with Crippen molar-refractivity contribution in [1.82, 2.24) is 19.9 Å². The van der Waals surface area contributed by atoms with E-state index in [2.05, 4.69) is 25.2 Å². The predicted octanol–water partition coefficient (Wildman–Crippen LogP) is -0.0133. The highest BCUT2D eigenvalue weighted by Crippen LogP contribution is 2.08. The van der Waals surface area contributed by atoms with Crippen LogP contribution in [0.1, 0.15) is 13.3 Å². The molecule has 1 aliphatic heterocycles. The number of rotatable bonds is 7. The Morgan fingerprint density at radius 2 is 2.10 bits per heavy atom. The molecule has 1 fully saturated rings. The van der Waals surface area contributed by atoms with E-state index in [0.29, 0.717) is 12.6 Å². The molecule has 0 unspecified atom stereocenters. The molecule has 112 valence electrons. The molecule has 2 heterocycles. The Labute approximate surface area is 118 Å². The van der Waals surface area contributed by atoms with Crippen molar-refractivity contribution in [2.24, 2.45) is 0 Å². The van der Waals surface area contributed by atoms with Gasteiger partial charge in [0, 0.05) is 19.6 Å². The van der Waals surface area contributed by atoms with Gasteiger partial charge in [0.05, 0.1) is 19.8 Å². The van der Waals surface area contributed by atoms with Gasteiger partial charge < -0.3 is 20.5 Å². The third kappa shape index (κ3) is 4.78. The molecule has 0 aromatic carbocycles. The summed E-state index contributed by atoms with van der Waals surface area (Å²) in [5.41, 5.74) is 5.61. The molecule has 0 bridgehead atoms. The second kappa shape index (κ2) is 7.81. The Kier molecular flexibility index (Phi) is 5.75. The average Bonchev–Trinajstić information content (AvgIpc) is 2.45. The van der Waals surface area contributed by atoms with E-state index in [1.807, 2.05) is 6.92 Å². The van der Waals surface area contributed by atoms with Gasteiger partial charge in [-0.25, -0.2) is 0 Å². The van der Waals surface area contributed by atoms with Crippen LogP contribution < -0.4 is 15.8 Å². The average molecular weight is 282 g/mol. The van der Waals surface area contributed by atoms with Crippen LogP contribution in [0.2, 0.25) is 0 Å². The third-order valence-corrected chi connectivity index (χ3v) is 2.94. The molecule has 3 N–H and O–H groups in total. The highest BCUT2D eigenvalue weighted by molar-refractivity contribution is 5.32. The number of nitrogens with one attached hydrogen (secondary N) is 1. The number of hydrogen-bond donors (Lipinski definition) is 2. The zero-order valence-electron chi connectivity index (χ0n) is 11.8. The lowest BCUT2D eigenvalue weighted by molar-refractivity contribution is 0.0378. The maximum Gasteiger partial charge on any atom is 0.323 e. The van der Waals surface area contributed by atoms with E-state index < -0.39 is 0 Å². The quantitative estimate of drug-likeness (QED) is 0.674. The molecular formula is C12H22N6O2. The lowest BCUT2D eigenvalue weighted by Crippen LogP contribution is -2.37. The van der Waals surface area contributed by atoms with Crippen LogP contribution in [0.5, 0.6) is 6.01 Å². The molecule has 8 heteroatoms. The molecule has 0 radical (unpaired) electrons. The van der Waals surface area contributed by atoms with Crippen molar-refractivity contribution in [1.29, 1.82) is 0 Å². The van der Waals surface area contributed by atoms with Crippen LogP contribution in [0.25, 0.3) is 0 Å². The lowest BCUT2D eigenvalue weighted by atomic mass is 10.3. The molecule has 0 spiro atoms. The van der Waals surface area contributed by atoms with E-state index in [9.17, 15) is 0 Å². The van der Waals surface area contributed by atoms with Crippen LogP contribution in [-0.2, 0) is 4.74 Å². The number of nitrogen functional groups attached to an aromatic ring is 1. The van der Waals surface area contributed by atoms with Crippen LogP contribution in [0, 0.1) is 0 Å². The number of hydrogen-bond acceptors (Lipinski definition) is 8. The molecule has 1 aliphatic rings. The first-order valence-electron chi connectivity index (χ1n) is 6.96. The van der Waals surface area contributed by atoms with Crippen molar-refractivity contribution in [3.63, 3.8) is 0 Å². The Morgan fingerprint density at radius 1 is 1.30 bits per heavy atom. The fraction of sp³-hybridized carbons (Fsp3) is 0.750. The maximum atomic E-state index is 5.61. The Bertz CT molecular complexity index is 411. The highest BCUT2D eigenvalue weighted by Gasteiger charge is 2.09. The number of nitrogens with two attached hydrogens (primary N) is 1. The van der Waals surface area contributed by atoms with E-state index in [-0.39, 0.29) is 12.0 Å². The summed E-state index contributed by atoms with van der Waals surface area (Å²) in [6, 6.07) is 0.260. The van der Waals surface area contributed by atoms with E-state index in [1.54, 1.807) is 0 Å². The van der Waals surface area contributed by atoms with Crippen molar-refractivity contribution in [3.05, 3.63) is 0 Å². The summed E-state index contributed by atoms with van der Waals surface area (Å²) in [5, 5.41) is 3.14. The van der Waals surface area contributed by atoms with Gasteiger partial charge in [0.15, 0.2) is 0 Å². The summed E-state index contributed by atoms with van der Waals surface area (Å²) < 4.78 is 10.5. The van der Waals surface area contributed by atoms with Crippen molar-refractivity contribution < 1.29 is 9.47 Å². The van der Waals surface area contributed by atoms with Gasteiger partial charge in [0.25, 0.3) is 0 Å². The van der Waals surface area contributed by atoms with Gasteiger partial charge in [0.2, 0.25) is 11.9 Å². The van der Waals surface area contributed by atoms with Crippen LogP contribution in [0.3, 0.4) is 0 Å². The first-order valence-corrected chi connectivity index (χ1v) is 6.96. The SMILES string of the molecule is CCOc1nc(N)nc(NCCCN2CCOCC2)n1. The van der Waals surface area contributed by atoms with E-state index >= 15 is 0 Å². The monoisotopic (exact) mass is 282 g/mol. The maximum absolute atomic E-state index is 5.61. The molecule has 1 saturated heterocycles. The minimum Gasteiger partial charge on any atom is -0.464 e. The van der Waals surface area contributed by atoms with E-state index in [4.69, 9.17) is 15.2 Å². The second-order valence-corrected chi connectivity index (χ2v) is 4.47. The summed E-state index contributed by atoms with van der Waals surface area (Å²) in [4.78, 5) is 14.5. The summed E-state index contributed by atoms with van der Waals surface area (Å²) in [7, 11) is 0. The zero-order valence-corrected chi connectivity index (χ0v) is 11.8. The number of nitrogens with zero attached hydrogens (tertiary/aromatic N) is 4. The minimum atomic E-state index is 0.166. The first kappa shape index (κ1) is 14.7. The second-order valence-electron chi connectivity index (χ2n) is 4.47. The molecule has 0 aliphatic carbocycles. The molecule has 2 rings (SSSR count). The molecular weight excluding hydrogens is 260 g/mol. The molecule has 1 aromatic rings. The van der Waals surface area contributed by atoms with Gasteiger partial charge in [-0.05, 0) is 19.9 Å². The predicted molar refractivity (Wildman–Crippen MR) is 75.8 cm³/mol. The topological polar surface area (TPSA) is 98.4 Å². The number of ether oxygens (including phenoxy) is 2. The van der Waals surface area contributed by atoms with Gasteiger partial charge in [-0.2, -0.15) is 15.0 Å². The van der Waals surface area contributed by atoms with Crippen molar-refractivity contribution in [3.8, 4) is 6.01 Å². The van der Waals surface area contributed by atoms with E-state index in [0.717, 1.165) is 45.8 Å². The molecule has 20 heavy (non-hydrogen) atoms. The van der Waals surface area contributed by atoms with Gasteiger partial charge in [-0.15, -0.1) is 0 Å². The van der Waals surface area contributed by atoms with E-state index in [1.165, 1.54) is 0 Å². The Hall–Kier alpha value is -1.67. The summed E-state index contributed by atoms with van der Waals surface area (Å²) in [6.45, 7) is 7.86. The normalized spacial score (nSPS) is 16.1. The molecule has 0 atom stereocenters. The fourth-order valence-electron chi connectivity index (χ4n) is 1.97. The standard InChI is InChI=1S/C12H22N6O2/c1-2-20-12-16-10(13)15-11(17-12)14-4-3-5-18-6-8-19-9-7-18/h2-9H2,1H3,(H3,13,14,15,16,17). The smallest absolute Gasteiger partial charge is 0.323 e. The number of anilines is 2. The van der Waals surface area contributed by atoms with Crippen LogP contribution >= 0.6 is 0 Å². The number of aromatic nitrogens is 3. The molecule has 1 aromatic heterocycles. The highest BCUT2D eigenvalue weighted by atomic mass is 16.5. The van der Waals surface area contributed by atoms with Gasteiger partial charge in [-0.3, -0.25) is 4.90 Å². The van der Waals surface area contributed by atoms with Crippen LogP contribution in [0.15, 0.2) is 0 Å².